The molecule has 0 bridgehead atoms. The fourth-order valence-electron chi connectivity index (χ4n) is 4.08. The van der Waals surface area contributed by atoms with Gasteiger partial charge in [0.1, 0.15) is 0 Å². The lowest BCUT2D eigenvalue weighted by molar-refractivity contribution is 0.0927. The topological polar surface area (TPSA) is 58.2 Å². The first-order valence-electron chi connectivity index (χ1n) is 9.85. The van der Waals surface area contributed by atoms with Crippen LogP contribution in [0.2, 0.25) is 0 Å². The molecular weight excluding hydrogens is 312 g/mol. The summed E-state index contributed by atoms with van der Waals surface area (Å²) in [5.41, 5.74) is 2.14. The number of aryl methyl sites for hydroxylation is 1. The van der Waals surface area contributed by atoms with Crippen molar-refractivity contribution in [3.63, 3.8) is 0 Å². The van der Waals surface area contributed by atoms with Gasteiger partial charge in [0, 0.05) is 23.2 Å². The monoisotopic (exact) mass is 342 g/mol. The molecule has 4 heteroatoms. The van der Waals surface area contributed by atoms with Crippen LogP contribution < -0.4 is 10.6 Å². The van der Waals surface area contributed by atoms with E-state index in [0.29, 0.717) is 11.1 Å². The minimum absolute atomic E-state index is 0.0534. The van der Waals surface area contributed by atoms with Gasteiger partial charge in [-0.2, -0.15) is 0 Å². The second kappa shape index (κ2) is 8.50. The predicted molar refractivity (Wildman–Crippen MR) is 99.9 cm³/mol. The Morgan fingerprint density at radius 2 is 1.12 bits per heavy atom. The van der Waals surface area contributed by atoms with Gasteiger partial charge in [0.2, 0.25) is 0 Å². The maximum atomic E-state index is 12.6. The number of benzene rings is 1. The van der Waals surface area contributed by atoms with Gasteiger partial charge in [0.05, 0.1) is 0 Å². The molecule has 0 aliphatic heterocycles. The molecule has 0 radical (unpaired) electrons. The van der Waals surface area contributed by atoms with Crippen LogP contribution in [0.15, 0.2) is 18.2 Å². The third-order valence-electron chi connectivity index (χ3n) is 5.48. The van der Waals surface area contributed by atoms with Crippen LogP contribution in [0.25, 0.3) is 0 Å². The van der Waals surface area contributed by atoms with Crippen LogP contribution in [0, 0.1) is 6.92 Å². The normalized spacial score (nSPS) is 19.4. The highest BCUT2D eigenvalue weighted by atomic mass is 16.2. The summed E-state index contributed by atoms with van der Waals surface area (Å²) in [6, 6.07) is 6.04. The largest absolute Gasteiger partial charge is 0.349 e. The summed E-state index contributed by atoms with van der Waals surface area (Å²) < 4.78 is 0. The molecule has 4 nitrogen and oxygen atoms in total. The van der Waals surface area contributed by atoms with Gasteiger partial charge in [-0.1, -0.05) is 38.5 Å². The molecule has 2 aliphatic carbocycles. The number of amides is 2. The van der Waals surface area contributed by atoms with Crippen LogP contribution in [-0.4, -0.2) is 23.9 Å². The molecule has 1 aromatic rings. The number of carbonyl (C=O) groups is 2. The van der Waals surface area contributed by atoms with Crippen molar-refractivity contribution < 1.29 is 9.59 Å². The highest BCUT2D eigenvalue weighted by molar-refractivity contribution is 6.00. The van der Waals surface area contributed by atoms with Gasteiger partial charge in [0.25, 0.3) is 11.8 Å². The summed E-state index contributed by atoms with van der Waals surface area (Å²) in [5, 5.41) is 6.28. The van der Waals surface area contributed by atoms with E-state index in [4.69, 9.17) is 0 Å². The summed E-state index contributed by atoms with van der Waals surface area (Å²) in [5.74, 6) is -0.107. The van der Waals surface area contributed by atoms with Crippen LogP contribution in [0.5, 0.6) is 0 Å². The Labute approximate surface area is 150 Å². The molecule has 136 valence electrons. The zero-order valence-electron chi connectivity index (χ0n) is 15.3. The number of nitrogens with one attached hydrogen (secondary N) is 2. The van der Waals surface area contributed by atoms with Crippen molar-refractivity contribution in [1.82, 2.24) is 10.6 Å². The van der Waals surface area contributed by atoms with Crippen molar-refractivity contribution in [3.05, 3.63) is 34.9 Å². The first-order valence-corrected chi connectivity index (χ1v) is 9.85. The van der Waals surface area contributed by atoms with Crippen LogP contribution >= 0.6 is 0 Å². The van der Waals surface area contributed by atoms with Gasteiger partial charge in [-0.25, -0.2) is 0 Å². The lowest BCUT2D eigenvalue weighted by atomic mass is 9.94. The second-order valence-electron chi connectivity index (χ2n) is 7.70. The number of hydrogen-bond acceptors (Lipinski definition) is 2. The lowest BCUT2D eigenvalue weighted by Gasteiger charge is -2.24. The summed E-state index contributed by atoms with van der Waals surface area (Å²) in [7, 11) is 0. The van der Waals surface area contributed by atoms with E-state index < -0.39 is 0 Å². The molecule has 0 saturated heterocycles. The molecule has 2 saturated carbocycles. The number of carbonyl (C=O) groups excluding carboxylic acids is 2. The molecule has 1 aromatic carbocycles. The van der Waals surface area contributed by atoms with Gasteiger partial charge < -0.3 is 10.6 Å². The highest BCUT2D eigenvalue weighted by Gasteiger charge is 2.20. The van der Waals surface area contributed by atoms with E-state index in [1.54, 1.807) is 6.07 Å². The summed E-state index contributed by atoms with van der Waals surface area (Å²) >= 11 is 0. The van der Waals surface area contributed by atoms with E-state index >= 15 is 0 Å². The van der Waals surface area contributed by atoms with E-state index in [-0.39, 0.29) is 23.9 Å². The van der Waals surface area contributed by atoms with Crippen LogP contribution in [0.1, 0.15) is 90.5 Å². The van der Waals surface area contributed by atoms with Crippen LogP contribution in [-0.2, 0) is 0 Å². The molecule has 2 amide bonds. The lowest BCUT2D eigenvalue weighted by Crippen LogP contribution is -2.37. The van der Waals surface area contributed by atoms with Crippen molar-refractivity contribution >= 4 is 11.8 Å². The Morgan fingerprint density at radius 3 is 1.52 bits per heavy atom. The average Bonchev–Trinajstić information content (AvgIpc) is 2.63. The quantitative estimate of drug-likeness (QED) is 0.865. The summed E-state index contributed by atoms with van der Waals surface area (Å²) in [6.45, 7) is 1.94. The molecule has 0 heterocycles. The minimum Gasteiger partial charge on any atom is -0.349 e. The van der Waals surface area contributed by atoms with Gasteiger partial charge in [-0.05, 0) is 56.4 Å². The van der Waals surface area contributed by atoms with Crippen molar-refractivity contribution in [1.29, 1.82) is 0 Å². The molecular formula is C21H30N2O2. The molecule has 2 fully saturated rings. The molecule has 2 aliphatic rings. The van der Waals surface area contributed by atoms with Crippen molar-refractivity contribution in [3.8, 4) is 0 Å². The molecule has 0 aromatic heterocycles. The number of hydrogen-bond donors (Lipinski definition) is 2. The molecule has 0 spiro atoms. The Kier molecular flexibility index (Phi) is 6.11. The smallest absolute Gasteiger partial charge is 0.251 e. The van der Waals surface area contributed by atoms with Crippen molar-refractivity contribution in [2.45, 2.75) is 83.2 Å². The number of rotatable bonds is 4. The van der Waals surface area contributed by atoms with E-state index in [2.05, 4.69) is 10.6 Å². The first-order chi connectivity index (χ1) is 12.1. The van der Waals surface area contributed by atoms with E-state index in [1.165, 1.54) is 38.5 Å². The fraction of sp³-hybridized carbons (Fsp3) is 0.619. The fourth-order valence-corrected chi connectivity index (χ4v) is 4.08. The van der Waals surface area contributed by atoms with E-state index in [9.17, 15) is 9.59 Å². The van der Waals surface area contributed by atoms with Crippen LogP contribution in [0.3, 0.4) is 0 Å². The Bertz CT molecular complexity index is 564. The molecule has 0 atom stereocenters. The van der Waals surface area contributed by atoms with Gasteiger partial charge >= 0.3 is 0 Å². The SMILES string of the molecule is Cc1cc(C(=O)NC2CCCCC2)cc(C(=O)NC2CCCCC2)c1. The average molecular weight is 342 g/mol. The Balaban J connectivity index is 1.66. The zero-order chi connectivity index (χ0) is 17.6. The summed E-state index contributed by atoms with van der Waals surface area (Å²) in [6.07, 6.45) is 11.5. The van der Waals surface area contributed by atoms with Gasteiger partial charge in [0.15, 0.2) is 0 Å². The van der Waals surface area contributed by atoms with Crippen LogP contribution in [0.4, 0.5) is 0 Å². The maximum Gasteiger partial charge on any atom is 0.251 e. The summed E-state index contributed by atoms with van der Waals surface area (Å²) in [4.78, 5) is 25.2. The first kappa shape index (κ1) is 18.0. The minimum atomic E-state index is -0.0534. The molecule has 25 heavy (non-hydrogen) atoms. The Hall–Kier alpha value is -1.84. The van der Waals surface area contributed by atoms with E-state index in [0.717, 1.165) is 31.2 Å². The molecule has 2 N–H and O–H groups in total. The zero-order valence-corrected chi connectivity index (χ0v) is 15.3. The van der Waals surface area contributed by atoms with Crippen molar-refractivity contribution in [2.24, 2.45) is 0 Å². The standard InChI is InChI=1S/C21H30N2O2/c1-15-12-16(20(24)22-18-8-4-2-5-9-18)14-17(13-15)21(25)23-19-10-6-3-7-11-19/h12-14,18-19H,2-11H2,1H3,(H,22,24)(H,23,25). The molecule has 3 rings (SSSR count). The Morgan fingerprint density at radius 1 is 0.720 bits per heavy atom. The maximum absolute atomic E-state index is 12.6. The van der Waals surface area contributed by atoms with Crippen molar-refractivity contribution in [2.75, 3.05) is 0 Å². The molecule has 0 unspecified atom stereocenters. The van der Waals surface area contributed by atoms with Gasteiger partial charge in [-0.15, -0.1) is 0 Å². The van der Waals surface area contributed by atoms with E-state index in [1.807, 2.05) is 19.1 Å². The third kappa shape index (κ3) is 5.07. The third-order valence-corrected chi connectivity index (χ3v) is 5.48. The predicted octanol–water partition coefficient (Wildman–Crippen LogP) is 4.12. The second-order valence-corrected chi connectivity index (χ2v) is 7.70. The highest BCUT2D eigenvalue weighted by Crippen LogP contribution is 2.20. The van der Waals surface area contributed by atoms with Gasteiger partial charge in [-0.3, -0.25) is 9.59 Å².